The van der Waals surface area contributed by atoms with E-state index >= 15 is 0 Å². The van der Waals surface area contributed by atoms with Crippen molar-refractivity contribution in [3.63, 3.8) is 0 Å². The maximum atomic E-state index is 13.2. The van der Waals surface area contributed by atoms with E-state index in [0.717, 1.165) is 32.4 Å². The van der Waals surface area contributed by atoms with Crippen LogP contribution in [0.25, 0.3) is 5.00 Å². The van der Waals surface area contributed by atoms with Gasteiger partial charge in [-0.25, -0.2) is 5.43 Å². The predicted octanol–water partition coefficient (Wildman–Crippen LogP) is 5.03. The van der Waals surface area contributed by atoms with E-state index in [9.17, 15) is 15.2 Å². The summed E-state index contributed by atoms with van der Waals surface area (Å²) in [5.41, 5.74) is 5.84. The molecule has 4 aromatic rings. The molecule has 0 aliphatic heterocycles. The van der Waals surface area contributed by atoms with Gasteiger partial charge >= 0.3 is 0 Å². The topological polar surface area (TPSA) is 90.4 Å². The molecule has 2 aromatic carbocycles. The second-order valence-corrected chi connectivity index (χ2v) is 9.58. The summed E-state index contributed by atoms with van der Waals surface area (Å²) in [7, 11) is 0. The molecule has 0 saturated heterocycles. The SMILES string of the molecule is Cc1sc(-n2c(C)cc(C=NNC(=O)C(O)(c3ccccc3)c3ccccc3)c2C)c(C#N)c1C. The van der Waals surface area contributed by atoms with Crippen LogP contribution in [0.15, 0.2) is 71.8 Å². The van der Waals surface area contributed by atoms with Gasteiger partial charge in [-0.05, 0) is 50.5 Å². The summed E-state index contributed by atoms with van der Waals surface area (Å²) < 4.78 is 2.04. The molecule has 0 saturated carbocycles. The highest BCUT2D eigenvalue weighted by Crippen LogP contribution is 2.33. The fraction of sp³-hybridized carbons (Fsp3) is 0.179. The standard InChI is InChI=1S/C28H26N4O2S/c1-18-15-22(20(3)32(18)26-25(16-29)19(2)21(4)35-26)17-30-31-27(33)28(34,23-11-7-5-8-12-23)24-13-9-6-10-14-24/h5-15,17,34H,1-4H3,(H,31,33). The Balaban J connectivity index is 1.64. The van der Waals surface area contributed by atoms with Crippen LogP contribution in [0.1, 0.15) is 44.1 Å². The number of nitriles is 1. The highest BCUT2D eigenvalue weighted by molar-refractivity contribution is 7.14. The van der Waals surface area contributed by atoms with Gasteiger partial charge in [0.2, 0.25) is 0 Å². The Hall–Kier alpha value is -3.99. The number of amides is 1. The summed E-state index contributed by atoms with van der Waals surface area (Å²) in [5.74, 6) is -0.656. The van der Waals surface area contributed by atoms with Gasteiger partial charge in [-0.1, -0.05) is 60.7 Å². The number of nitrogens with zero attached hydrogens (tertiary/aromatic N) is 3. The maximum Gasteiger partial charge on any atom is 0.281 e. The molecule has 0 unspecified atom stereocenters. The highest BCUT2D eigenvalue weighted by atomic mass is 32.1. The first-order valence-electron chi connectivity index (χ1n) is 11.1. The van der Waals surface area contributed by atoms with Crippen molar-refractivity contribution < 1.29 is 9.90 Å². The molecule has 0 aliphatic carbocycles. The number of hydrogen-bond donors (Lipinski definition) is 2. The maximum absolute atomic E-state index is 13.2. The van der Waals surface area contributed by atoms with Crippen molar-refractivity contribution in [2.24, 2.45) is 5.10 Å². The van der Waals surface area contributed by atoms with Gasteiger partial charge in [-0.3, -0.25) is 4.79 Å². The molecule has 0 spiro atoms. The Morgan fingerprint density at radius 2 is 1.63 bits per heavy atom. The third kappa shape index (κ3) is 4.30. The van der Waals surface area contributed by atoms with Crippen molar-refractivity contribution >= 4 is 23.5 Å². The van der Waals surface area contributed by atoms with Gasteiger partial charge in [0.25, 0.3) is 5.91 Å². The fourth-order valence-corrected chi connectivity index (χ4v) is 5.38. The number of hydrazone groups is 1. The summed E-state index contributed by atoms with van der Waals surface area (Å²) in [6.45, 7) is 7.89. The lowest BCUT2D eigenvalue weighted by molar-refractivity contribution is -0.136. The Kier molecular flexibility index (Phi) is 6.70. The first kappa shape index (κ1) is 24.1. The molecule has 4 rings (SSSR count). The molecular weight excluding hydrogens is 456 g/mol. The molecule has 176 valence electrons. The molecule has 6 nitrogen and oxygen atoms in total. The van der Waals surface area contributed by atoms with Crippen LogP contribution in [0.5, 0.6) is 0 Å². The predicted molar refractivity (Wildman–Crippen MR) is 139 cm³/mol. The average Bonchev–Trinajstić information content (AvgIpc) is 3.32. The Labute approximate surface area is 208 Å². The monoisotopic (exact) mass is 482 g/mol. The third-order valence-corrected chi connectivity index (χ3v) is 7.43. The molecule has 35 heavy (non-hydrogen) atoms. The first-order chi connectivity index (χ1) is 16.8. The van der Waals surface area contributed by atoms with Crippen molar-refractivity contribution in [2.75, 3.05) is 0 Å². The van der Waals surface area contributed by atoms with Crippen LogP contribution in [0.3, 0.4) is 0 Å². The molecule has 7 heteroatoms. The molecule has 0 fully saturated rings. The molecule has 0 bridgehead atoms. The van der Waals surface area contributed by atoms with Gasteiger partial charge in [0.1, 0.15) is 11.1 Å². The van der Waals surface area contributed by atoms with Crippen molar-refractivity contribution in [3.05, 3.63) is 111 Å². The third-order valence-electron chi connectivity index (χ3n) is 6.23. The van der Waals surface area contributed by atoms with E-state index in [1.807, 2.05) is 50.5 Å². The normalized spacial score (nSPS) is 11.5. The van der Waals surface area contributed by atoms with E-state index in [-0.39, 0.29) is 0 Å². The second-order valence-electron chi connectivity index (χ2n) is 8.38. The van der Waals surface area contributed by atoms with E-state index in [1.54, 1.807) is 66.1 Å². The summed E-state index contributed by atoms with van der Waals surface area (Å²) in [6.07, 6.45) is 1.56. The van der Waals surface area contributed by atoms with Gasteiger partial charge < -0.3 is 9.67 Å². The minimum absolute atomic E-state index is 0.449. The van der Waals surface area contributed by atoms with Crippen molar-refractivity contribution in [2.45, 2.75) is 33.3 Å². The zero-order valence-corrected chi connectivity index (χ0v) is 20.9. The van der Waals surface area contributed by atoms with Crippen LogP contribution in [-0.2, 0) is 10.4 Å². The number of aromatic nitrogens is 1. The Bertz CT molecular complexity index is 1400. The summed E-state index contributed by atoms with van der Waals surface area (Å²) >= 11 is 1.58. The first-order valence-corrected chi connectivity index (χ1v) is 12.0. The van der Waals surface area contributed by atoms with Crippen LogP contribution >= 0.6 is 11.3 Å². The van der Waals surface area contributed by atoms with E-state index in [2.05, 4.69) is 16.6 Å². The second kappa shape index (κ2) is 9.71. The number of carbonyl (C=O) groups excluding carboxylic acids is 1. The van der Waals surface area contributed by atoms with Crippen LogP contribution < -0.4 is 5.43 Å². The number of thiophene rings is 1. The molecular formula is C28H26N4O2S. The van der Waals surface area contributed by atoms with E-state index in [1.165, 1.54) is 0 Å². The number of benzene rings is 2. The van der Waals surface area contributed by atoms with Crippen molar-refractivity contribution in [1.29, 1.82) is 5.26 Å². The molecule has 1 amide bonds. The van der Waals surface area contributed by atoms with Gasteiger partial charge in [-0.2, -0.15) is 10.4 Å². The highest BCUT2D eigenvalue weighted by Gasteiger charge is 2.39. The van der Waals surface area contributed by atoms with Crippen molar-refractivity contribution in [3.8, 4) is 11.1 Å². The lowest BCUT2D eigenvalue weighted by atomic mass is 9.85. The summed E-state index contributed by atoms with van der Waals surface area (Å²) in [5, 5.41) is 26.3. The van der Waals surface area contributed by atoms with E-state index in [0.29, 0.717) is 16.7 Å². The lowest BCUT2D eigenvalue weighted by Gasteiger charge is -2.27. The minimum Gasteiger partial charge on any atom is -0.372 e. The number of rotatable bonds is 6. The van der Waals surface area contributed by atoms with Gasteiger partial charge in [0, 0.05) is 21.8 Å². The van der Waals surface area contributed by atoms with Crippen LogP contribution in [0.4, 0.5) is 0 Å². The molecule has 2 aromatic heterocycles. The minimum atomic E-state index is -1.90. The fourth-order valence-electron chi connectivity index (χ4n) is 4.16. The largest absolute Gasteiger partial charge is 0.372 e. The molecule has 2 N–H and O–H groups in total. The zero-order chi connectivity index (χ0) is 25.2. The average molecular weight is 483 g/mol. The van der Waals surface area contributed by atoms with Crippen LogP contribution in [-0.4, -0.2) is 21.8 Å². The molecule has 0 aliphatic rings. The van der Waals surface area contributed by atoms with Crippen LogP contribution in [0.2, 0.25) is 0 Å². The van der Waals surface area contributed by atoms with Gasteiger partial charge in [0.15, 0.2) is 5.60 Å². The molecule has 0 atom stereocenters. The number of nitrogens with one attached hydrogen (secondary N) is 1. The number of hydrogen-bond acceptors (Lipinski definition) is 5. The number of aliphatic hydroxyl groups is 1. The Morgan fingerprint density at radius 3 is 2.17 bits per heavy atom. The lowest BCUT2D eigenvalue weighted by Crippen LogP contribution is -2.43. The number of aryl methyl sites for hydroxylation is 2. The smallest absolute Gasteiger partial charge is 0.281 e. The summed E-state index contributed by atoms with van der Waals surface area (Å²) in [4.78, 5) is 14.3. The summed E-state index contributed by atoms with van der Waals surface area (Å²) in [6, 6.07) is 21.9. The number of carbonyl (C=O) groups is 1. The van der Waals surface area contributed by atoms with Gasteiger partial charge in [0.05, 0.1) is 11.8 Å². The van der Waals surface area contributed by atoms with Crippen LogP contribution in [0, 0.1) is 39.0 Å². The van der Waals surface area contributed by atoms with Crippen molar-refractivity contribution in [1.82, 2.24) is 9.99 Å². The Morgan fingerprint density at radius 1 is 1.06 bits per heavy atom. The molecule has 0 radical (unpaired) electrons. The zero-order valence-electron chi connectivity index (χ0n) is 20.0. The van der Waals surface area contributed by atoms with E-state index < -0.39 is 11.5 Å². The quantitative estimate of drug-likeness (QED) is 0.298. The van der Waals surface area contributed by atoms with E-state index in [4.69, 9.17) is 0 Å². The molecule has 2 heterocycles. The van der Waals surface area contributed by atoms with Gasteiger partial charge in [-0.15, -0.1) is 11.3 Å².